The van der Waals surface area contributed by atoms with Gasteiger partial charge in [0.2, 0.25) is 10.0 Å². The largest absolute Gasteiger partial charge is 0.481 e. The van der Waals surface area contributed by atoms with E-state index in [0.29, 0.717) is 19.3 Å². The Hall–Kier alpha value is -2.08. The van der Waals surface area contributed by atoms with E-state index in [4.69, 9.17) is 5.11 Å². The number of carboxylic acids is 1. The third-order valence-corrected chi connectivity index (χ3v) is 5.41. The molecule has 0 spiro atoms. The van der Waals surface area contributed by atoms with E-state index in [2.05, 4.69) is 4.72 Å². The van der Waals surface area contributed by atoms with Gasteiger partial charge < -0.3 is 5.11 Å². The molecule has 1 atom stereocenters. The van der Waals surface area contributed by atoms with Gasteiger partial charge in [-0.15, -0.1) is 0 Å². The molecular weight excluding hydrogens is 338 g/mol. The number of carbonyl (C=O) groups is 1. The summed E-state index contributed by atoms with van der Waals surface area (Å²) in [4.78, 5) is 10.4. The molecule has 25 heavy (non-hydrogen) atoms. The van der Waals surface area contributed by atoms with Gasteiger partial charge in [-0.1, -0.05) is 48.6 Å². The van der Waals surface area contributed by atoms with Crippen LogP contribution in [0.3, 0.4) is 0 Å². The van der Waals surface area contributed by atoms with Crippen molar-refractivity contribution in [3.8, 4) is 0 Å². The lowest BCUT2D eigenvalue weighted by Crippen LogP contribution is -2.26. The maximum atomic E-state index is 12.2. The average Bonchev–Trinajstić information content (AvgIpc) is 3.00. The van der Waals surface area contributed by atoms with E-state index in [1.165, 1.54) is 0 Å². The highest BCUT2D eigenvalue weighted by Crippen LogP contribution is 2.24. The summed E-state index contributed by atoms with van der Waals surface area (Å²) in [5.74, 6) is -0.484. The van der Waals surface area contributed by atoms with Gasteiger partial charge in [0, 0.05) is 12.1 Å². The van der Waals surface area contributed by atoms with E-state index in [9.17, 15) is 13.2 Å². The Morgan fingerprint density at radius 3 is 2.76 bits per heavy atom. The fourth-order valence-electron chi connectivity index (χ4n) is 2.77. The Bertz CT molecular complexity index is 723. The number of aryl methyl sites for hydroxylation is 1. The summed E-state index contributed by atoms with van der Waals surface area (Å²) in [6.07, 6.45) is 9.60. The van der Waals surface area contributed by atoms with Crippen LogP contribution in [0.25, 0.3) is 0 Å². The second-order valence-corrected chi connectivity index (χ2v) is 8.11. The topological polar surface area (TPSA) is 83.5 Å². The predicted molar refractivity (Wildman–Crippen MR) is 98.5 cm³/mol. The molecule has 0 aliphatic heterocycles. The van der Waals surface area contributed by atoms with E-state index >= 15 is 0 Å². The van der Waals surface area contributed by atoms with Crippen LogP contribution < -0.4 is 4.72 Å². The van der Waals surface area contributed by atoms with Gasteiger partial charge >= 0.3 is 5.97 Å². The molecule has 1 aliphatic carbocycles. The maximum absolute atomic E-state index is 12.2. The first-order valence-electron chi connectivity index (χ1n) is 8.58. The Labute approximate surface area is 149 Å². The second kappa shape index (κ2) is 9.42. The molecule has 0 heterocycles. The van der Waals surface area contributed by atoms with Gasteiger partial charge in [0.05, 0.1) is 5.75 Å². The molecule has 2 N–H and O–H groups in total. The Morgan fingerprint density at radius 1 is 1.28 bits per heavy atom. The summed E-state index contributed by atoms with van der Waals surface area (Å²) in [5.41, 5.74) is 1.77. The zero-order valence-electron chi connectivity index (χ0n) is 14.2. The molecule has 6 heteroatoms. The molecule has 0 amide bonds. The Morgan fingerprint density at radius 2 is 2.04 bits per heavy atom. The van der Waals surface area contributed by atoms with Crippen LogP contribution in [0.5, 0.6) is 0 Å². The highest BCUT2D eigenvalue weighted by Gasteiger charge is 2.18. The number of rotatable bonds is 10. The van der Waals surface area contributed by atoms with Crippen molar-refractivity contribution >= 4 is 16.0 Å². The van der Waals surface area contributed by atoms with Gasteiger partial charge in [-0.25, -0.2) is 8.42 Å². The summed E-state index contributed by atoms with van der Waals surface area (Å²) in [5, 5.41) is 8.58. The van der Waals surface area contributed by atoms with E-state index in [0.717, 1.165) is 24.1 Å². The van der Waals surface area contributed by atoms with Crippen LogP contribution in [0.15, 0.2) is 54.3 Å². The van der Waals surface area contributed by atoms with Crippen molar-refractivity contribution in [1.82, 2.24) is 4.72 Å². The van der Waals surface area contributed by atoms with Crippen LogP contribution in [0, 0.1) is 5.92 Å². The number of benzene rings is 1. The fourth-order valence-corrected chi connectivity index (χ4v) is 3.95. The minimum atomic E-state index is -3.33. The molecule has 1 aromatic rings. The molecule has 0 radical (unpaired) electrons. The molecule has 0 aromatic heterocycles. The average molecular weight is 363 g/mol. The Kier molecular flexibility index (Phi) is 7.25. The van der Waals surface area contributed by atoms with Crippen molar-refractivity contribution in [3.05, 3.63) is 59.8 Å². The normalized spacial score (nSPS) is 17.6. The van der Waals surface area contributed by atoms with E-state index in [1.54, 1.807) is 0 Å². The van der Waals surface area contributed by atoms with E-state index in [-0.39, 0.29) is 18.1 Å². The summed E-state index contributed by atoms with van der Waals surface area (Å²) in [6.45, 7) is 0. The number of sulfonamides is 1. The van der Waals surface area contributed by atoms with Gasteiger partial charge in [-0.05, 0) is 43.6 Å². The molecular formula is C19H25NO4S. The van der Waals surface area contributed by atoms with Crippen molar-refractivity contribution in [2.75, 3.05) is 5.75 Å². The first kappa shape index (κ1) is 19.2. The summed E-state index contributed by atoms with van der Waals surface area (Å²) in [7, 11) is -3.33. The van der Waals surface area contributed by atoms with Gasteiger partial charge in [0.25, 0.3) is 0 Å². The zero-order valence-corrected chi connectivity index (χ0v) is 15.0. The molecule has 136 valence electrons. The van der Waals surface area contributed by atoms with Crippen LogP contribution in [0.4, 0.5) is 0 Å². The van der Waals surface area contributed by atoms with Crippen LogP contribution in [0.1, 0.15) is 37.7 Å². The lowest BCUT2D eigenvalue weighted by Gasteiger charge is -2.08. The highest BCUT2D eigenvalue weighted by atomic mass is 32.2. The monoisotopic (exact) mass is 363 g/mol. The molecule has 2 rings (SSSR count). The first-order valence-corrected chi connectivity index (χ1v) is 10.2. The quantitative estimate of drug-likeness (QED) is 0.494. The number of nitrogens with one attached hydrogen (secondary N) is 1. The summed E-state index contributed by atoms with van der Waals surface area (Å²) < 4.78 is 27.1. The summed E-state index contributed by atoms with van der Waals surface area (Å²) in [6, 6.07) is 9.57. The first-order chi connectivity index (χ1) is 11.9. The van der Waals surface area contributed by atoms with Crippen molar-refractivity contribution in [2.24, 2.45) is 5.92 Å². The predicted octanol–water partition coefficient (Wildman–Crippen LogP) is 3.25. The fraction of sp³-hybridized carbons (Fsp3) is 0.421. The summed E-state index contributed by atoms with van der Waals surface area (Å²) >= 11 is 0. The van der Waals surface area contributed by atoms with Crippen LogP contribution >= 0.6 is 0 Å². The van der Waals surface area contributed by atoms with Gasteiger partial charge in [0.1, 0.15) is 0 Å². The maximum Gasteiger partial charge on any atom is 0.303 e. The lowest BCUT2D eigenvalue weighted by molar-refractivity contribution is -0.137. The van der Waals surface area contributed by atoms with Crippen molar-refractivity contribution in [3.63, 3.8) is 0 Å². The minimum Gasteiger partial charge on any atom is -0.481 e. The number of hydrogen-bond acceptors (Lipinski definition) is 3. The number of carboxylic acid groups (broad SMARTS) is 1. The number of allylic oxidation sites excluding steroid dienone is 4. The molecule has 1 aromatic carbocycles. The van der Waals surface area contributed by atoms with Crippen molar-refractivity contribution in [1.29, 1.82) is 0 Å². The van der Waals surface area contributed by atoms with E-state index in [1.807, 2.05) is 48.6 Å². The molecule has 0 saturated heterocycles. The second-order valence-electron chi connectivity index (χ2n) is 6.27. The van der Waals surface area contributed by atoms with Crippen LogP contribution in [-0.2, 0) is 21.2 Å². The van der Waals surface area contributed by atoms with Gasteiger partial charge in [0.15, 0.2) is 0 Å². The number of unbranched alkanes of at least 4 members (excludes halogenated alkanes) is 1. The SMILES string of the molecule is O=C(O)CCCC=CC1C=C(NS(=O)(=O)CCc2ccccc2)CC1. The molecule has 1 unspecified atom stereocenters. The molecule has 5 nitrogen and oxygen atoms in total. The molecule has 0 saturated carbocycles. The van der Waals surface area contributed by atoms with Gasteiger partial charge in [-0.2, -0.15) is 0 Å². The number of hydrogen-bond donors (Lipinski definition) is 2. The number of aliphatic carboxylic acids is 1. The van der Waals surface area contributed by atoms with Gasteiger partial charge in [-0.3, -0.25) is 9.52 Å². The smallest absolute Gasteiger partial charge is 0.303 e. The molecule has 0 fully saturated rings. The standard InChI is InChI=1S/C19H25NO4S/c21-19(22)10-6-2-5-9-17-11-12-18(15-17)20-25(23,24)14-13-16-7-3-1-4-8-16/h1,3-5,7-9,15,17,20H,2,6,10-14H2,(H,21,22). The zero-order chi connectivity index (χ0) is 18.1. The van der Waals surface area contributed by atoms with Crippen LogP contribution in [-0.4, -0.2) is 25.2 Å². The lowest BCUT2D eigenvalue weighted by atomic mass is 10.1. The van der Waals surface area contributed by atoms with Crippen molar-refractivity contribution in [2.45, 2.75) is 38.5 Å². The molecule has 0 bridgehead atoms. The van der Waals surface area contributed by atoms with Crippen LogP contribution in [0.2, 0.25) is 0 Å². The third-order valence-electron chi connectivity index (χ3n) is 4.10. The molecule has 1 aliphatic rings. The Balaban J connectivity index is 1.77. The van der Waals surface area contributed by atoms with Crippen molar-refractivity contribution < 1.29 is 18.3 Å². The minimum absolute atomic E-state index is 0.0735. The van der Waals surface area contributed by atoms with E-state index < -0.39 is 16.0 Å². The third kappa shape index (κ3) is 7.56. The highest BCUT2D eigenvalue weighted by molar-refractivity contribution is 7.89.